The number of hydrogen-bond donors (Lipinski definition) is 0. The lowest BCUT2D eigenvalue weighted by atomic mass is 10.0. The van der Waals surface area contributed by atoms with E-state index in [0.29, 0.717) is 25.4 Å². The number of hydrogen-bond acceptors (Lipinski definition) is 4. The molecule has 1 amide bonds. The van der Waals surface area contributed by atoms with E-state index in [2.05, 4.69) is 9.88 Å². The van der Waals surface area contributed by atoms with Crippen LogP contribution in [0.3, 0.4) is 0 Å². The van der Waals surface area contributed by atoms with Crippen LogP contribution < -0.4 is 5.56 Å². The third kappa shape index (κ3) is 2.69. The van der Waals surface area contributed by atoms with E-state index in [1.807, 2.05) is 4.90 Å². The van der Waals surface area contributed by atoms with Gasteiger partial charge in [-0.2, -0.15) is 0 Å². The Morgan fingerprint density at radius 1 is 1.26 bits per heavy atom. The summed E-state index contributed by atoms with van der Waals surface area (Å²) in [5.41, 5.74) is 1.59. The van der Waals surface area contributed by atoms with E-state index in [1.54, 1.807) is 13.4 Å². The van der Waals surface area contributed by atoms with Crippen molar-refractivity contribution >= 4 is 5.91 Å². The highest BCUT2D eigenvalue weighted by atomic mass is 16.2. The molecule has 0 radical (unpaired) electrons. The first kappa shape index (κ1) is 14.9. The molecule has 0 N–H and O–H groups in total. The van der Waals surface area contributed by atoms with Crippen molar-refractivity contribution in [3.05, 3.63) is 27.9 Å². The van der Waals surface area contributed by atoms with Gasteiger partial charge < -0.3 is 9.47 Å². The fourth-order valence-electron chi connectivity index (χ4n) is 3.98. The molecule has 0 aromatic carbocycles. The highest BCUT2D eigenvalue weighted by molar-refractivity contribution is 5.83. The van der Waals surface area contributed by atoms with Crippen molar-refractivity contribution in [1.29, 1.82) is 0 Å². The monoisotopic (exact) mass is 316 g/mol. The highest BCUT2D eigenvalue weighted by Gasteiger charge is 2.43. The van der Waals surface area contributed by atoms with Crippen molar-refractivity contribution in [2.75, 3.05) is 19.6 Å². The van der Waals surface area contributed by atoms with Gasteiger partial charge >= 0.3 is 0 Å². The third-order valence-corrected chi connectivity index (χ3v) is 5.45. The number of aryl methyl sites for hydroxylation is 1. The summed E-state index contributed by atoms with van der Waals surface area (Å²) in [5, 5.41) is 0. The first-order chi connectivity index (χ1) is 11.1. The lowest BCUT2D eigenvalue weighted by Gasteiger charge is -2.34. The topological polar surface area (TPSA) is 58.4 Å². The van der Waals surface area contributed by atoms with Crippen molar-refractivity contribution in [3.8, 4) is 0 Å². The van der Waals surface area contributed by atoms with Gasteiger partial charge in [-0.15, -0.1) is 0 Å². The number of rotatable bonds is 3. The molecule has 3 aliphatic rings. The molecule has 1 saturated carbocycles. The zero-order valence-corrected chi connectivity index (χ0v) is 13.7. The van der Waals surface area contributed by atoms with Crippen molar-refractivity contribution in [3.63, 3.8) is 0 Å². The van der Waals surface area contributed by atoms with Crippen molar-refractivity contribution in [2.45, 2.75) is 44.7 Å². The Morgan fingerprint density at radius 3 is 2.70 bits per heavy atom. The van der Waals surface area contributed by atoms with E-state index in [9.17, 15) is 9.59 Å². The van der Waals surface area contributed by atoms with Crippen LogP contribution >= 0.6 is 0 Å². The Bertz CT molecular complexity index is 674. The predicted molar refractivity (Wildman–Crippen MR) is 85.9 cm³/mol. The third-order valence-electron chi connectivity index (χ3n) is 5.45. The number of likely N-dealkylation sites (tertiary alicyclic amines) is 1. The van der Waals surface area contributed by atoms with Gasteiger partial charge in [0.2, 0.25) is 5.91 Å². The minimum atomic E-state index is 0.0281. The molecule has 2 fully saturated rings. The second-order valence-electron chi connectivity index (χ2n) is 7.12. The van der Waals surface area contributed by atoms with Crippen LogP contribution in [-0.2, 0) is 24.8 Å². The SMILES string of the molecule is Cn1cnc2c(c1=O)CCN(C(=O)C(C1CC1)N1CCCC1)C2. The van der Waals surface area contributed by atoms with E-state index in [0.717, 1.165) is 24.3 Å². The fraction of sp³-hybridized carbons (Fsp3) is 0.706. The molecule has 0 spiro atoms. The molecule has 0 bridgehead atoms. The minimum Gasteiger partial charge on any atom is -0.335 e. The molecule has 1 saturated heterocycles. The molecule has 6 nitrogen and oxygen atoms in total. The van der Waals surface area contributed by atoms with Crippen LogP contribution in [0.4, 0.5) is 0 Å². The maximum absolute atomic E-state index is 13.1. The van der Waals surface area contributed by atoms with Crippen molar-refractivity contribution in [2.24, 2.45) is 13.0 Å². The predicted octanol–water partition coefficient (Wildman–Crippen LogP) is 0.539. The molecule has 1 aliphatic carbocycles. The van der Waals surface area contributed by atoms with E-state index in [-0.39, 0.29) is 17.5 Å². The molecule has 1 aromatic rings. The number of nitrogens with zero attached hydrogens (tertiary/aromatic N) is 4. The summed E-state index contributed by atoms with van der Waals surface area (Å²) < 4.78 is 1.52. The van der Waals surface area contributed by atoms with Gasteiger partial charge in [0.1, 0.15) is 0 Å². The summed E-state index contributed by atoms with van der Waals surface area (Å²) in [5.74, 6) is 0.793. The standard InChI is InChI=1S/C17H24N4O2/c1-19-11-18-14-10-21(9-6-13(14)16(19)22)17(23)15(12-4-5-12)20-7-2-3-8-20/h11-12,15H,2-10H2,1H3. The molecule has 1 atom stereocenters. The number of carbonyl (C=O) groups excluding carboxylic acids is 1. The summed E-state index contributed by atoms with van der Waals surface area (Å²) in [7, 11) is 1.73. The molecule has 3 heterocycles. The molecular formula is C17H24N4O2. The Labute approximate surface area is 136 Å². The van der Waals surface area contributed by atoms with Gasteiger partial charge in [-0.05, 0) is 51.1 Å². The Balaban J connectivity index is 1.55. The average molecular weight is 316 g/mol. The van der Waals surface area contributed by atoms with Crippen molar-refractivity contribution in [1.82, 2.24) is 19.4 Å². The zero-order chi connectivity index (χ0) is 16.0. The van der Waals surface area contributed by atoms with Crippen LogP contribution in [-0.4, -0.2) is 50.9 Å². The molecule has 1 aromatic heterocycles. The van der Waals surface area contributed by atoms with Gasteiger partial charge in [-0.3, -0.25) is 14.5 Å². The smallest absolute Gasteiger partial charge is 0.256 e. The lowest BCUT2D eigenvalue weighted by Crippen LogP contribution is -2.51. The van der Waals surface area contributed by atoms with E-state index < -0.39 is 0 Å². The fourth-order valence-corrected chi connectivity index (χ4v) is 3.98. The van der Waals surface area contributed by atoms with Gasteiger partial charge in [0.25, 0.3) is 5.56 Å². The zero-order valence-electron chi connectivity index (χ0n) is 13.7. The first-order valence-corrected chi connectivity index (χ1v) is 8.71. The van der Waals surface area contributed by atoms with Crippen molar-refractivity contribution < 1.29 is 4.79 Å². The normalized spacial score (nSPS) is 22.9. The number of carbonyl (C=O) groups is 1. The highest BCUT2D eigenvalue weighted by Crippen LogP contribution is 2.38. The van der Waals surface area contributed by atoms with Crippen LogP contribution in [0.25, 0.3) is 0 Å². The molecule has 4 rings (SSSR count). The quantitative estimate of drug-likeness (QED) is 0.817. The largest absolute Gasteiger partial charge is 0.335 e. The lowest BCUT2D eigenvalue weighted by molar-refractivity contribution is -0.138. The van der Waals surface area contributed by atoms with Crippen LogP contribution in [0.15, 0.2) is 11.1 Å². The minimum absolute atomic E-state index is 0.0281. The average Bonchev–Trinajstić information content (AvgIpc) is 3.25. The van der Waals surface area contributed by atoms with Crippen LogP contribution in [0.2, 0.25) is 0 Å². The molecule has 1 unspecified atom stereocenters. The number of fused-ring (bicyclic) bond motifs is 1. The van der Waals surface area contributed by atoms with Gasteiger partial charge in [-0.1, -0.05) is 0 Å². The molecule has 2 aliphatic heterocycles. The Morgan fingerprint density at radius 2 is 2.00 bits per heavy atom. The van der Waals surface area contributed by atoms with E-state index in [4.69, 9.17) is 0 Å². The molecule has 124 valence electrons. The van der Waals surface area contributed by atoms with E-state index in [1.165, 1.54) is 30.3 Å². The Kier molecular flexibility index (Phi) is 3.71. The van der Waals surface area contributed by atoms with Gasteiger partial charge in [-0.25, -0.2) is 4.98 Å². The summed E-state index contributed by atoms with van der Waals surface area (Å²) in [6.07, 6.45) is 6.95. The van der Waals surface area contributed by atoms with Crippen LogP contribution in [0.1, 0.15) is 36.9 Å². The van der Waals surface area contributed by atoms with Crippen LogP contribution in [0, 0.1) is 5.92 Å². The maximum atomic E-state index is 13.1. The summed E-state index contributed by atoms with van der Waals surface area (Å²) in [6, 6.07) is 0.0607. The number of aromatic nitrogens is 2. The van der Waals surface area contributed by atoms with Gasteiger partial charge in [0, 0.05) is 19.2 Å². The van der Waals surface area contributed by atoms with E-state index >= 15 is 0 Å². The second-order valence-corrected chi connectivity index (χ2v) is 7.12. The molecule has 6 heteroatoms. The Hall–Kier alpha value is -1.69. The summed E-state index contributed by atoms with van der Waals surface area (Å²) in [6.45, 7) is 3.23. The first-order valence-electron chi connectivity index (χ1n) is 8.71. The second kappa shape index (κ2) is 5.74. The van der Waals surface area contributed by atoms with Crippen LogP contribution in [0.5, 0.6) is 0 Å². The molecule has 23 heavy (non-hydrogen) atoms. The van der Waals surface area contributed by atoms with Gasteiger partial charge in [0.05, 0.1) is 24.6 Å². The summed E-state index contributed by atoms with van der Waals surface area (Å²) >= 11 is 0. The maximum Gasteiger partial charge on any atom is 0.256 e. The number of amides is 1. The molecular weight excluding hydrogens is 292 g/mol. The summed E-state index contributed by atoms with van der Waals surface area (Å²) in [4.78, 5) is 34.0. The van der Waals surface area contributed by atoms with Gasteiger partial charge in [0.15, 0.2) is 0 Å².